The van der Waals surface area contributed by atoms with E-state index in [-0.39, 0.29) is 22.8 Å². The average molecular weight is 344 g/mol. The average Bonchev–Trinajstić information content (AvgIpc) is 2.88. The van der Waals surface area contributed by atoms with Crippen LogP contribution in [0.15, 0.2) is 54.7 Å². The molecule has 1 aliphatic heterocycles. The predicted octanol–water partition coefficient (Wildman–Crippen LogP) is 0.646. The molecule has 106 valence electrons. The van der Waals surface area contributed by atoms with Crippen LogP contribution in [0.25, 0.3) is 11.3 Å². The second-order valence-electron chi connectivity index (χ2n) is 5.12. The molecule has 0 spiro atoms. The van der Waals surface area contributed by atoms with E-state index in [4.69, 9.17) is 4.98 Å². The number of hydrogen-bond acceptors (Lipinski definition) is 1. The number of fused-ring (bicyclic) bond motifs is 2. The third-order valence-corrected chi connectivity index (χ3v) is 3.81. The van der Waals surface area contributed by atoms with E-state index >= 15 is 0 Å². The lowest BCUT2D eigenvalue weighted by Gasteiger charge is -2.17. The molecule has 0 N–H and O–H groups in total. The van der Waals surface area contributed by atoms with Crippen LogP contribution in [0.3, 0.4) is 0 Å². The Bertz CT molecular complexity index is 735. The van der Waals surface area contributed by atoms with Crippen molar-refractivity contribution in [2.24, 2.45) is 0 Å². The van der Waals surface area contributed by atoms with Crippen molar-refractivity contribution < 1.29 is 21.4 Å². The highest BCUT2D eigenvalue weighted by Gasteiger charge is 2.17. The van der Waals surface area contributed by atoms with Gasteiger partial charge in [0.1, 0.15) is 11.6 Å². The molecular formula is C17H13BrFN2-. The number of nitrogens with zero attached hydrogens (tertiary/aromatic N) is 2. The lowest BCUT2D eigenvalue weighted by atomic mass is 10.0. The minimum Gasteiger partial charge on any atom is -1.00 e. The Morgan fingerprint density at radius 1 is 0.952 bits per heavy atom. The highest BCUT2D eigenvalue weighted by molar-refractivity contribution is 5.59. The molecule has 2 nitrogen and oxygen atoms in total. The molecule has 3 aromatic rings. The Kier molecular flexibility index (Phi) is 3.64. The van der Waals surface area contributed by atoms with Crippen LogP contribution in [0.4, 0.5) is 4.39 Å². The van der Waals surface area contributed by atoms with Gasteiger partial charge in [-0.05, 0) is 35.4 Å². The Labute approximate surface area is 133 Å². The van der Waals surface area contributed by atoms with Crippen LogP contribution in [0.5, 0.6) is 0 Å². The van der Waals surface area contributed by atoms with Crippen LogP contribution in [-0.2, 0) is 13.0 Å². The molecule has 1 aliphatic rings. The minimum atomic E-state index is -0.217. The van der Waals surface area contributed by atoms with E-state index in [2.05, 4.69) is 35.0 Å². The number of aromatic nitrogens is 2. The Morgan fingerprint density at radius 2 is 1.67 bits per heavy atom. The van der Waals surface area contributed by atoms with Gasteiger partial charge in [-0.15, -0.1) is 0 Å². The first-order valence-corrected chi connectivity index (χ1v) is 6.68. The normalized spacial score (nSPS) is 12.2. The molecule has 0 aliphatic carbocycles. The van der Waals surface area contributed by atoms with Gasteiger partial charge in [-0.25, -0.2) is 9.37 Å². The maximum absolute atomic E-state index is 13.0. The molecule has 0 saturated heterocycles. The Morgan fingerprint density at radius 3 is 2.43 bits per heavy atom. The minimum absolute atomic E-state index is 0. The van der Waals surface area contributed by atoms with Gasteiger partial charge in [0.2, 0.25) is 0 Å². The second-order valence-corrected chi connectivity index (χ2v) is 5.12. The lowest BCUT2D eigenvalue weighted by Crippen LogP contribution is -3.00. The smallest absolute Gasteiger partial charge is 0.123 e. The highest BCUT2D eigenvalue weighted by atomic mass is 79.9. The Hall–Kier alpha value is -1.94. The first-order chi connectivity index (χ1) is 9.79. The van der Waals surface area contributed by atoms with Gasteiger partial charge in [0, 0.05) is 24.7 Å². The maximum Gasteiger partial charge on any atom is 0.123 e. The standard InChI is InChI=1S/C17H13FN2.BrH/c18-15-7-5-12(6-8-15)16-11-20-10-14-4-2-1-3-13(14)9-17(20)19-16;/h1-8,11H,9-10H2;1H/p-1. The molecule has 2 aromatic carbocycles. The molecule has 4 heteroatoms. The van der Waals surface area contributed by atoms with Crippen LogP contribution in [-0.4, -0.2) is 9.55 Å². The van der Waals surface area contributed by atoms with Crippen LogP contribution >= 0.6 is 0 Å². The fourth-order valence-electron chi connectivity index (χ4n) is 2.73. The number of hydrogen-bond donors (Lipinski definition) is 0. The van der Waals surface area contributed by atoms with Gasteiger partial charge in [0.25, 0.3) is 0 Å². The fraction of sp³-hybridized carbons (Fsp3) is 0.118. The first kappa shape index (κ1) is 14.0. The SMILES string of the molecule is Fc1ccc(-c2cn3c(n2)Cc2ccccc2C3)cc1.[Br-]. The molecule has 2 heterocycles. The third kappa shape index (κ3) is 2.51. The molecule has 21 heavy (non-hydrogen) atoms. The molecule has 0 bridgehead atoms. The summed E-state index contributed by atoms with van der Waals surface area (Å²) in [6, 6.07) is 15.0. The number of imidazole rings is 1. The highest BCUT2D eigenvalue weighted by Crippen LogP contribution is 2.26. The zero-order valence-electron chi connectivity index (χ0n) is 11.3. The van der Waals surface area contributed by atoms with Crippen molar-refractivity contribution in [1.29, 1.82) is 0 Å². The molecule has 0 atom stereocenters. The van der Waals surface area contributed by atoms with Crippen LogP contribution in [0.2, 0.25) is 0 Å². The maximum atomic E-state index is 13.0. The summed E-state index contributed by atoms with van der Waals surface area (Å²) >= 11 is 0. The van der Waals surface area contributed by atoms with Crippen molar-refractivity contribution in [2.75, 3.05) is 0 Å². The van der Waals surface area contributed by atoms with Gasteiger partial charge < -0.3 is 21.5 Å². The van der Waals surface area contributed by atoms with Gasteiger partial charge >= 0.3 is 0 Å². The van der Waals surface area contributed by atoms with Crippen molar-refractivity contribution in [1.82, 2.24) is 9.55 Å². The van der Waals surface area contributed by atoms with Crippen LogP contribution in [0.1, 0.15) is 17.0 Å². The molecule has 0 amide bonds. The number of rotatable bonds is 1. The number of halogens is 2. The van der Waals surface area contributed by atoms with Gasteiger partial charge in [-0.1, -0.05) is 24.3 Å². The van der Waals surface area contributed by atoms with E-state index in [9.17, 15) is 4.39 Å². The largest absolute Gasteiger partial charge is 1.00 e. The first-order valence-electron chi connectivity index (χ1n) is 6.68. The summed E-state index contributed by atoms with van der Waals surface area (Å²) in [5.41, 5.74) is 4.56. The number of benzene rings is 2. The molecule has 0 fully saturated rings. The van der Waals surface area contributed by atoms with Crippen molar-refractivity contribution in [3.63, 3.8) is 0 Å². The third-order valence-electron chi connectivity index (χ3n) is 3.81. The van der Waals surface area contributed by atoms with Gasteiger partial charge in [-0.2, -0.15) is 0 Å². The summed E-state index contributed by atoms with van der Waals surface area (Å²) in [5.74, 6) is 0.855. The van der Waals surface area contributed by atoms with Crippen LogP contribution < -0.4 is 17.0 Å². The molecule has 0 unspecified atom stereocenters. The predicted molar refractivity (Wildman–Crippen MR) is 76.0 cm³/mol. The molecule has 0 saturated carbocycles. The molecule has 1 aromatic heterocycles. The van der Waals surface area contributed by atoms with Crippen molar-refractivity contribution >= 4 is 0 Å². The molecular weight excluding hydrogens is 331 g/mol. The fourth-order valence-corrected chi connectivity index (χ4v) is 2.73. The lowest BCUT2D eigenvalue weighted by molar-refractivity contribution is -0.00000465. The summed E-state index contributed by atoms with van der Waals surface area (Å²) < 4.78 is 15.2. The second kappa shape index (κ2) is 5.45. The van der Waals surface area contributed by atoms with Gasteiger partial charge in [0.05, 0.1) is 5.69 Å². The zero-order chi connectivity index (χ0) is 13.5. The van der Waals surface area contributed by atoms with Gasteiger partial charge in [-0.3, -0.25) is 0 Å². The van der Waals surface area contributed by atoms with E-state index in [1.54, 1.807) is 12.1 Å². The van der Waals surface area contributed by atoms with Crippen LogP contribution in [0, 0.1) is 5.82 Å². The summed E-state index contributed by atoms with van der Waals surface area (Å²) in [4.78, 5) is 4.69. The van der Waals surface area contributed by atoms with Crippen molar-refractivity contribution in [2.45, 2.75) is 13.0 Å². The Balaban J connectivity index is 0.00000132. The van der Waals surface area contributed by atoms with E-state index in [1.165, 1.54) is 23.3 Å². The van der Waals surface area contributed by atoms with E-state index in [1.807, 2.05) is 0 Å². The quantitative estimate of drug-likeness (QED) is 0.496. The topological polar surface area (TPSA) is 17.8 Å². The zero-order valence-corrected chi connectivity index (χ0v) is 12.8. The monoisotopic (exact) mass is 343 g/mol. The van der Waals surface area contributed by atoms with Crippen molar-refractivity contribution in [3.8, 4) is 11.3 Å². The van der Waals surface area contributed by atoms with E-state index < -0.39 is 0 Å². The van der Waals surface area contributed by atoms with E-state index in [0.717, 1.165) is 30.0 Å². The molecule has 0 radical (unpaired) electrons. The van der Waals surface area contributed by atoms with E-state index in [0.29, 0.717) is 0 Å². The van der Waals surface area contributed by atoms with Crippen molar-refractivity contribution in [3.05, 3.63) is 77.5 Å². The van der Waals surface area contributed by atoms with Gasteiger partial charge in [0.15, 0.2) is 0 Å². The summed E-state index contributed by atoms with van der Waals surface area (Å²) in [6.45, 7) is 0.861. The molecule has 4 rings (SSSR count). The summed E-state index contributed by atoms with van der Waals surface area (Å²) in [5, 5.41) is 0. The summed E-state index contributed by atoms with van der Waals surface area (Å²) in [7, 11) is 0. The summed E-state index contributed by atoms with van der Waals surface area (Å²) in [6.07, 6.45) is 2.91.